The van der Waals surface area contributed by atoms with Crippen molar-refractivity contribution in [1.82, 2.24) is 0 Å². The van der Waals surface area contributed by atoms with E-state index in [9.17, 15) is 26.3 Å². The summed E-state index contributed by atoms with van der Waals surface area (Å²) in [5.74, 6) is -17.7. The van der Waals surface area contributed by atoms with E-state index < -0.39 is 34.7 Å². The fourth-order valence-corrected chi connectivity index (χ4v) is 1.40. The smallest absolute Gasteiger partial charge is 0.384 e. The summed E-state index contributed by atoms with van der Waals surface area (Å²) in [5, 5.41) is -1.95. The predicted molar refractivity (Wildman–Crippen MR) is 43.9 cm³/mol. The molecule has 0 bridgehead atoms. The van der Waals surface area contributed by atoms with Crippen LogP contribution in [0.25, 0.3) is 0 Å². The van der Waals surface area contributed by atoms with Crippen molar-refractivity contribution in [2.24, 2.45) is 0 Å². The Morgan fingerprint density at radius 1 is 1.00 bits per heavy atom. The normalized spacial score (nSPS) is 26.4. The number of allylic oxidation sites excluding steroid dienone is 2. The van der Waals surface area contributed by atoms with E-state index in [2.05, 4.69) is 4.74 Å². The number of rotatable bonds is 2. The van der Waals surface area contributed by atoms with Crippen molar-refractivity contribution in [2.75, 3.05) is 0 Å². The molecule has 0 radical (unpaired) electrons. The van der Waals surface area contributed by atoms with Gasteiger partial charge in [0.1, 0.15) is 5.03 Å². The van der Waals surface area contributed by atoms with Crippen LogP contribution >= 0.6 is 11.6 Å². The third-order valence-corrected chi connectivity index (χ3v) is 2.31. The Morgan fingerprint density at radius 2 is 1.44 bits per heavy atom. The molecule has 0 N–H and O–H groups in total. The lowest BCUT2D eigenvalue weighted by atomic mass is 10.2. The van der Waals surface area contributed by atoms with Crippen molar-refractivity contribution >= 4 is 11.6 Å². The molecule has 0 atom stereocenters. The van der Waals surface area contributed by atoms with Gasteiger partial charge >= 0.3 is 17.8 Å². The maximum Gasteiger partial charge on any atom is 0.384 e. The number of ether oxygens (including phenoxy) is 1. The van der Waals surface area contributed by atoms with Gasteiger partial charge in [-0.1, -0.05) is 11.6 Å². The Hall–Kier alpha value is -0.590. The molecule has 94 valence electrons. The van der Waals surface area contributed by atoms with Gasteiger partial charge in [0, 0.05) is 0 Å². The van der Waals surface area contributed by atoms with Gasteiger partial charge in [-0.05, 0) is 13.8 Å². The Morgan fingerprint density at radius 3 is 1.69 bits per heavy atom. The van der Waals surface area contributed by atoms with Crippen LogP contribution in [0.1, 0.15) is 13.8 Å². The summed E-state index contributed by atoms with van der Waals surface area (Å²) >= 11 is 4.83. The van der Waals surface area contributed by atoms with Crippen LogP contribution in [-0.2, 0) is 4.74 Å². The second-order valence-electron chi connectivity index (χ2n) is 3.53. The Kier molecular flexibility index (Phi) is 2.90. The van der Waals surface area contributed by atoms with Gasteiger partial charge in [-0.3, -0.25) is 0 Å². The molecular weight excluding hydrogens is 262 g/mol. The minimum absolute atomic E-state index is 0.973. The molecule has 0 unspecified atom stereocenters. The first-order valence-electron chi connectivity index (χ1n) is 4.17. The highest BCUT2D eigenvalue weighted by Gasteiger charge is 2.81. The summed E-state index contributed by atoms with van der Waals surface area (Å²) in [5.41, 5.74) is 0. The molecule has 0 saturated carbocycles. The topological polar surface area (TPSA) is 9.23 Å². The second-order valence-corrected chi connectivity index (χ2v) is 3.91. The minimum Gasteiger partial charge on any atom is -0.487 e. The zero-order chi connectivity index (χ0) is 12.9. The van der Waals surface area contributed by atoms with Crippen molar-refractivity contribution in [3.05, 3.63) is 10.8 Å². The summed E-state index contributed by atoms with van der Waals surface area (Å²) in [6.07, 6.45) is -0.973. The molecule has 1 rings (SSSR count). The van der Waals surface area contributed by atoms with Gasteiger partial charge in [0.15, 0.2) is 5.76 Å². The predicted octanol–water partition coefficient (Wildman–Crippen LogP) is 3.78. The number of hydrogen-bond acceptors (Lipinski definition) is 1. The summed E-state index contributed by atoms with van der Waals surface area (Å²) in [6, 6.07) is 0. The lowest BCUT2D eigenvalue weighted by Gasteiger charge is -2.25. The molecule has 0 aliphatic heterocycles. The largest absolute Gasteiger partial charge is 0.487 e. The molecule has 16 heavy (non-hydrogen) atoms. The highest BCUT2D eigenvalue weighted by atomic mass is 35.5. The molecule has 0 spiro atoms. The van der Waals surface area contributed by atoms with Crippen molar-refractivity contribution in [1.29, 1.82) is 0 Å². The summed E-state index contributed by atoms with van der Waals surface area (Å²) in [4.78, 5) is 0. The van der Waals surface area contributed by atoms with Gasteiger partial charge in [0.25, 0.3) is 0 Å². The van der Waals surface area contributed by atoms with Crippen LogP contribution in [0.2, 0.25) is 0 Å². The zero-order valence-electron chi connectivity index (χ0n) is 8.13. The SMILES string of the molecule is CC(C)OC1=C(Cl)C(F)(F)C(F)(F)C1(F)F. The minimum atomic E-state index is -5.58. The standard InChI is InChI=1S/C8H7ClF6O/c1-3(2)16-5-4(9)6(10,11)8(14,15)7(5,12)13/h3H,1-2H3. The van der Waals surface area contributed by atoms with Gasteiger partial charge in [0.2, 0.25) is 0 Å². The zero-order valence-corrected chi connectivity index (χ0v) is 8.89. The van der Waals surface area contributed by atoms with E-state index in [0.717, 1.165) is 0 Å². The van der Waals surface area contributed by atoms with Gasteiger partial charge in [-0.2, -0.15) is 26.3 Å². The van der Waals surface area contributed by atoms with E-state index in [0.29, 0.717) is 0 Å². The van der Waals surface area contributed by atoms with Crippen LogP contribution in [0.3, 0.4) is 0 Å². The molecule has 0 heterocycles. The van der Waals surface area contributed by atoms with Crippen LogP contribution < -0.4 is 0 Å². The van der Waals surface area contributed by atoms with Gasteiger partial charge in [-0.15, -0.1) is 0 Å². The molecule has 1 aliphatic carbocycles. The van der Waals surface area contributed by atoms with Crippen LogP contribution in [-0.4, -0.2) is 23.9 Å². The lowest BCUT2D eigenvalue weighted by molar-refractivity contribution is -0.271. The average Bonchev–Trinajstić information content (AvgIpc) is 2.17. The molecule has 0 aromatic heterocycles. The molecule has 0 aromatic rings. The van der Waals surface area contributed by atoms with Crippen molar-refractivity contribution < 1.29 is 31.1 Å². The van der Waals surface area contributed by atoms with E-state index >= 15 is 0 Å². The molecule has 0 aromatic carbocycles. The van der Waals surface area contributed by atoms with Gasteiger partial charge < -0.3 is 4.74 Å². The monoisotopic (exact) mass is 268 g/mol. The highest BCUT2D eigenvalue weighted by molar-refractivity contribution is 6.31. The van der Waals surface area contributed by atoms with Gasteiger partial charge in [-0.25, -0.2) is 0 Å². The van der Waals surface area contributed by atoms with Crippen LogP contribution in [0.5, 0.6) is 0 Å². The highest BCUT2D eigenvalue weighted by Crippen LogP contribution is 2.60. The molecule has 0 fully saturated rings. The maximum atomic E-state index is 13.0. The van der Waals surface area contributed by atoms with Gasteiger partial charge in [0.05, 0.1) is 6.10 Å². The van der Waals surface area contributed by atoms with E-state index in [4.69, 9.17) is 11.6 Å². The fraction of sp³-hybridized carbons (Fsp3) is 0.750. The number of halogens is 7. The molecule has 0 saturated heterocycles. The van der Waals surface area contributed by atoms with E-state index in [1.807, 2.05) is 0 Å². The van der Waals surface area contributed by atoms with E-state index in [-0.39, 0.29) is 0 Å². The first-order valence-corrected chi connectivity index (χ1v) is 4.55. The third kappa shape index (κ3) is 1.48. The molecule has 1 aliphatic rings. The molecule has 1 nitrogen and oxygen atoms in total. The molecule has 0 amide bonds. The first-order chi connectivity index (χ1) is 6.96. The molecule has 8 heteroatoms. The fourth-order valence-electron chi connectivity index (χ4n) is 1.12. The van der Waals surface area contributed by atoms with E-state index in [1.165, 1.54) is 13.8 Å². The third-order valence-electron chi connectivity index (χ3n) is 1.90. The Balaban J connectivity index is 3.30. The lowest BCUT2D eigenvalue weighted by Crippen LogP contribution is -2.49. The Labute approximate surface area is 92.0 Å². The quantitative estimate of drug-likeness (QED) is 0.693. The summed E-state index contributed by atoms with van der Waals surface area (Å²) in [6.45, 7) is 2.45. The maximum absolute atomic E-state index is 13.0. The van der Waals surface area contributed by atoms with Crippen molar-refractivity contribution in [3.63, 3.8) is 0 Å². The average molecular weight is 269 g/mol. The van der Waals surface area contributed by atoms with Crippen molar-refractivity contribution in [3.8, 4) is 0 Å². The first kappa shape index (κ1) is 13.5. The van der Waals surface area contributed by atoms with Crippen molar-refractivity contribution in [2.45, 2.75) is 37.7 Å². The molecular formula is C8H7ClF6O. The van der Waals surface area contributed by atoms with E-state index in [1.54, 1.807) is 0 Å². The van der Waals surface area contributed by atoms with Crippen LogP contribution in [0, 0.1) is 0 Å². The van der Waals surface area contributed by atoms with Crippen LogP contribution in [0.15, 0.2) is 10.8 Å². The number of alkyl halides is 6. The summed E-state index contributed by atoms with van der Waals surface area (Å²) < 4.78 is 81.4. The summed E-state index contributed by atoms with van der Waals surface area (Å²) in [7, 11) is 0. The number of hydrogen-bond donors (Lipinski definition) is 0. The second kappa shape index (κ2) is 3.45. The van der Waals surface area contributed by atoms with Crippen LogP contribution in [0.4, 0.5) is 26.3 Å². The Bertz CT molecular complexity index is 335.